The summed E-state index contributed by atoms with van der Waals surface area (Å²) < 4.78 is 12.9. The van der Waals surface area contributed by atoms with Crippen LogP contribution in [0.3, 0.4) is 0 Å². The van der Waals surface area contributed by atoms with Crippen LogP contribution in [0.25, 0.3) is 11.1 Å². The molecule has 0 saturated carbocycles. The van der Waals surface area contributed by atoms with Crippen molar-refractivity contribution in [2.45, 2.75) is 105 Å². The van der Waals surface area contributed by atoms with Crippen LogP contribution in [0.1, 0.15) is 97.8 Å². The lowest BCUT2D eigenvalue weighted by Crippen LogP contribution is -2.41. The zero-order chi connectivity index (χ0) is 24.2. The quantitative estimate of drug-likeness (QED) is 0.412. The van der Waals surface area contributed by atoms with Gasteiger partial charge in [-0.2, -0.15) is 0 Å². The van der Waals surface area contributed by atoms with Gasteiger partial charge in [0, 0.05) is 5.41 Å². The van der Waals surface area contributed by atoms with E-state index < -0.39 is 0 Å². The third-order valence-corrected chi connectivity index (χ3v) is 8.36. The molecule has 1 aliphatic heterocycles. The monoisotopic (exact) mass is 446 g/mol. The van der Waals surface area contributed by atoms with Crippen molar-refractivity contribution in [3.05, 3.63) is 53.1 Å². The van der Waals surface area contributed by atoms with E-state index in [0.29, 0.717) is 11.8 Å². The average Bonchev–Trinajstić information content (AvgIpc) is 3.11. The molecule has 1 aliphatic carbocycles. The summed E-state index contributed by atoms with van der Waals surface area (Å²) in [7, 11) is -0.321. The highest BCUT2D eigenvalue weighted by Gasteiger charge is 2.52. The van der Waals surface area contributed by atoms with Gasteiger partial charge in [0.25, 0.3) is 0 Å². The van der Waals surface area contributed by atoms with E-state index >= 15 is 0 Å². The van der Waals surface area contributed by atoms with E-state index in [-0.39, 0.29) is 23.7 Å². The minimum absolute atomic E-state index is 0.0604. The van der Waals surface area contributed by atoms with Gasteiger partial charge < -0.3 is 9.31 Å². The van der Waals surface area contributed by atoms with E-state index in [2.05, 4.69) is 98.7 Å². The van der Waals surface area contributed by atoms with Crippen LogP contribution in [0.15, 0.2) is 36.4 Å². The van der Waals surface area contributed by atoms with Gasteiger partial charge in [0.1, 0.15) is 0 Å². The maximum atomic E-state index is 6.45. The Bertz CT molecular complexity index is 990. The number of hydrogen-bond acceptors (Lipinski definition) is 2. The van der Waals surface area contributed by atoms with Crippen molar-refractivity contribution >= 4 is 12.6 Å². The molecule has 0 amide bonds. The summed E-state index contributed by atoms with van der Waals surface area (Å²) in [6.45, 7) is 20.2. The molecule has 0 aromatic heterocycles. The van der Waals surface area contributed by atoms with Gasteiger partial charge in [0.15, 0.2) is 0 Å². The van der Waals surface area contributed by atoms with Crippen LogP contribution in [0.5, 0.6) is 0 Å². The fourth-order valence-electron chi connectivity index (χ4n) is 5.49. The van der Waals surface area contributed by atoms with Crippen molar-refractivity contribution < 1.29 is 9.31 Å². The first kappa shape index (κ1) is 24.5. The van der Waals surface area contributed by atoms with E-state index in [4.69, 9.17) is 9.31 Å². The van der Waals surface area contributed by atoms with Gasteiger partial charge in [-0.1, -0.05) is 69.7 Å². The fourth-order valence-corrected chi connectivity index (χ4v) is 5.49. The van der Waals surface area contributed by atoms with E-state index in [1.165, 1.54) is 53.5 Å². The molecule has 2 aromatic carbocycles. The number of benzene rings is 2. The molecular formula is C30H43BO2. The van der Waals surface area contributed by atoms with E-state index in [0.717, 1.165) is 5.46 Å². The number of hydrogen-bond donors (Lipinski definition) is 0. The normalized spacial score (nSPS) is 19.9. The second-order valence-electron chi connectivity index (χ2n) is 12.4. The Kier molecular flexibility index (Phi) is 6.38. The summed E-state index contributed by atoms with van der Waals surface area (Å²) in [5.41, 5.74) is 7.74. The minimum atomic E-state index is -0.330. The maximum absolute atomic E-state index is 6.45. The number of fused-ring (bicyclic) bond motifs is 3. The molecule has 0 N–H and O–H groups in total. The van der Waals surface area contributed by atoms with Gasteiger partial charge in [0.05, 0.1) is 11.2 Å². The van der Waals surface area contributed by atoms with Gasteiger partial charge in [-0.05, 0) is 99.9 Å². The van der Waals surface area contributed by atoms with E-state index in [1.807, 2.05) is 0 Å². The Hall–Kier alpha value is -1.58. The summed E-state index contributed by atoms with van der Waals surface area (Å²) in [4.78, 5) is 0. The van der Waals surface area contributed by atoms with Crippen molar-refractivity contribution in [1.29, 1.82) is 0 Å². The molecule has 0 radical (unpaired) electrons. The molecule has 1 heterocycles. The Morgan fingerprint density at radius 2 is 1.21 bits per heavy atom. The summed E-state index contributed by atoms with van der Waals surface area (Å²) >= 11 is 0. The molecule has 0 unspecified atom stereocenters. The molecule has 0 spiro atoms. The zero-order valence-corrected chi connectivity index (χ0v) is 22.3. The van der Waals surface area contributed by atoms with Crippen molar-refractivity contribution in [1.82, 2.24) is 0 Å². The summed E-state index contributed by atoms with van der Waals surface area (Å²) in [5.74, 6) is 1.37. The molecule has 33 heavy (non-hydrogen) atoms. The molecule has 2 nitrogen and oxygen atoms in total. The lowest BCUT2D eigenvalue weighted by molar-refractivity contribution is 0.00578. The molecule has 0 bridgehead atoms. The standard InChI is InChI=1S/C30H43BO2/c1-20(2)14-16-30(17-15-21(3)4)26-18-22(5)10-12-24(26)25-13-11-23(19-27(25)30)31-32-28(6,7)29(8,9)33-31/h10-13,18-21H,14-17H2,1-9H3. The molecule has 1 saturated heterocycles. The van der Waals surface area contributed by atoms with Gasteiger partial charge in [-0.3, -0.25) is 0 Å². The molecule has 2 aromatic rings. The molecular weight excluding hydrogens is 403 g/mol. The predicted molar refractivity (Wildman–Crippen MR) is 141 cm³/mol. The highest BCUT2D eigenvalue weighted by molar-refractivity contribution is 6.62. The first-order chi connectivity index (χ1) is 15.4. The van der Waals surface area contributed by atoms with E-state index in [1.54, 1.807) is 0 Å². The van der Waals surface area contributed by atoms with Crippen molar-refractivity contribution in [3.8, 4) is 11.1 Å². The first-order valence-corrected chi connectivity index (χ1v) is 13.0. The molecule has 0 atom stereocenters. The SMILES string of the molecule is Cc1ccc2c(c1)C(CCC(C)C)(CCC(C)C)c1cc(B3OC(C)(C)C(C)(C)O3)ccc1-2. The Morgan fingerprint density at radius 1 is 0.727 bits per heavy atom. The van der Waals surface area contributed by atoms with E-state index in [9.17, 15) is 0 Å². The van der Waals surface area contributed by atoms with Crippen LogP contribution in [0.2, 0.25) is 0 Å². The van der Waals surface area contributed by atoms with Crippen LogP contribution in [-0.4, -0.2) is 18.3 Å². The Balaban J connectivity index is 1.85. The highest BCUT2D eigenvalue weighted by Crippen LogP contribution is 2.54. The summed E-state index contributed by atoms with van der Waals surface area (Å²) in [6.07, 6.45) is 4.83. The second kappa shape index (κ2) is 8.58. The lowest BCUT2D eigenvalue weighted by Gasteiger charge is -2.34. The third-order valence-electron chi connectivity index (χ3n) is 8.36. The van der Waals surface area contributed by atoms with Crippen molar-refractivity contribution in [3.63, 3.8) is 0 Å². The maximum Gasteiger partial charge on any atom is 0.494 e. The fraction of sp³-hybridized carbons (Fsp3) is 0.600. The van der Waals surface area contributed by atoms with Gasteiger partial charge in [-0.25, -0.2) is 0 Å². The van der Waals surface area contributed by atoms with Crippen LogP contribution < -0.4 is 5.46 Å². The lowest BCUT2D eigenvalue weighted by atomic mass is 9.67. The third kappa shape index (κ3) is 4.32. The van der Waals surface area contributed by atoms with Crippen molar-refractivity contribution in [2.75, 3.05) is 0 Å². The number of rotatable bonds is 7. The molecule has 2 aliphatic rings. The van der Waals surface area contributed by atoms with Crippen molar-refractivity contribution in [2.24, 2.45) is 11.8 Å². The smallest absolute Gasteiger partial charge is 0.399 e. The zero-order valence-electron chi connectivity index (χ0n) is 22.3. The predicted octanol–water partition coefficient (Wildman–Crippen LogP) is 7.43. The van der Waals surface area contributed by atoms with Crippen LogP contribution in [0.4, 0.5) is 0 Å². The van der Waals surface area contributed by atoms with Crippen LogP contribution >= 0.6 is 0 Å². The topological polar surface area (TPSA) is 18.5 Å². The highest BCUT2D eigenvalue weighted by atomic mass is 16.7. The van der Waals surface area contributed by atoms with Gasteiger partial charge in [-0.15, -0.1) is 0 Å². The molecule has 178 valence electrons. The van der Waals surface area contributed by atoms with Gasteiger partial charge in [0.2, 0.25) is 0 Å². The molecule has 4 rings (SSSR count). The second-order valence-corrected chi connectivity index (χ2v) is 12.4. The molecule has 1 fully saturated rings. The largest absolute Gasteiger partial charge is 0.494 e. The van der Waals surface area contributed by atoms with Crippen LogP contribution in [0, 0.1) is 18.8 Å². The van der Waals surface area contributed by atoms with Gasteiger partial charge >= 0.3 is 7.12 Å². The number of aryl methyl sites for hydroxylation is 1. The van der Waals surface area contributed by atoms with Crippen LogP contribution in [-0.2, 0) is 14.7 Å². The Morgan fingerprint density at radius 3 is 1.73 bits per heavy atom. The summed E-state index contributed by atoms with van der Waals surface area (Å²) in [6, 6.07) is 14.1. The summed E-state index contributed by atoms with van der Waals surface area (Å²) in [5, 5.41) is 0. The minimum Gasteiger partial charge on any atom is -0.399 e. The Labute approximate surface area is 202 Å². The average molecular weight is 446 g/mol. The first-order valence-electron chi connectivity index (χ1n) is 13.0. The molecule has 3 heteroatoms.